The van der Waals surface area contributed by atoms with E-state index in [0.29, 0.717) is 16.9 Å². The molecule has 0 amide bonds. The van der Waals surface area contributed by atoms with Crippen LogP contribution in [0.5, 0.6) is 0 Å². The first kappa shape index (κ1) is 15.2. The molecule has 0 saturated carbocycles. The summed E-state index contributed by atoms with van der Waals surface area (Å²) in [6, 6.07) is 7.87. The van der Waals surface area contributed by atoms with E-state index in [-0.39, 0.29) is 5.25 Å². The molecule has 0 bridgehead atoms. The molecule has 2 heterocycles. The van der Waals surface area contributed by atoms with E-state index in [4.69, 9.17) is 4.52 Å². The molecule has 1 aromatic carbocycles. The Bertz CT molecular complexity index is 772. The summed E-state index contributed by atoms with van der Waals surface area (Å²) in [6.07, 6.45) is 0.758. The zero-order valence-electron chi connectivity index (χ0n) is 12.1. The van der Waals surface area contributed by atoms with E-state index in [1.165, 1.54) is 11.8 Å². The van der Waals surface area contributed by atoms with E-state index >= 15 is 0 Å². The Morgan fingerprint density at radius 2 is 2.14 bits per heavy atom. The number of aromatic amines is 1. The van der Waals surface area contributed by atoms with Gasteiger partial charge in [-0.1, -0.05) is 58.0 Å². The topological polar surface area (TPSA) is 80.5 Å². The number of thioether (sulfide) groups is 1. The molecule has 3 rings (SSSR count). The summed E-state index contributed by atoms with van der Waals surface area (Å²) in [7, 11) is 0. The largest absolute Gasteiger partial charge is 0.338 e. The minimum atomic E-state index is -0.00401. The summed E-state index contributed by atoms with van der Waals surface area (Å²) in [5, 5.41) is 11.8. The van der Waals surface area contributed by atoms with Crippen molar-refractivity contribution in [1.29, 1.82) is 0 Å². The van der Waals surface area contributed by atoms with Gasteiger partial charge in [0.05, 0.1) is 5.25 Å². The van der Waals surface area contributed by atoms with Crippen LogP contribution in [0, 0.1) is 0 Å². The second kappa shape index (κ2) is 6.62. The fraction of sp³-hybridized carbons (Fsp3) is 0.286. The molecule has 3 aromatic rings. The van der Waals surface area contributed by atoms with Crippen molar-refractivity contribution in [2.45, 2.75) is 30.7 Å². The van der Waals surface area contributed by atoms with Crippen LogP contribution in [0.25, 0.3) is 11.4 Å². The summed E-state index contributed by atoms with van der Waals surface area (Å²) in [5.74, 6) is 2.03. The van der Waals surface area contributed by atoms with Crippen LogP contribution in [-0.2, 0) is 6.42 Å². The number of halogens is 1. The molecule has 1 unspecified atom stereocenters. The molecule has 22 heavy (non-hydrogen) atoms. The SMILES string of the molecule is CCc1noc(C(C)Sc2n[nH]c(-c3ccccc3Br)n2)n1. The molecule has 0 saturated heterocycles. The fourth-order valence-corrected chi connectivity index (χ4v) is 3.09. The predicted octanol–water partition coefficient (Wildman–Crippen LogP) is 4.03. The first-order valence-electron chi connectivity index (χ1n) is 6.83. The lowest BCUT2D eigenvalue weighted by Gasteiger charge is -2.01. The number of aromatic nitrogens is 5. The summed E-state index contributed by atoms with van der Waals surface area (Å²) >= 11 is 4.99. The standard InChI is InChI=1S/C14H14BrN5OS/c1-3-11-16-13(21-20-11)8(2)22-14-17-12(18-19-14)9-6-4-5-7-10(9)15/h4-8H,3H2,1-2H3,(H,17,18,19). The van der Waals surface area contributed by atoms with Crippen molar-refractivity contribution in [2.24, 2.45) is 0 Å². The summed E-state index contributed by atoms with van der Waals surface area (Å²) < 4.78 is 6.22. The first-order valence-corrected chi connectivity index (χ1v) is 8.51. The Kier molecular flexibility index (Phi) is 4.58. The van der Waals surface area contributed by atoms with Gasteiger partial charge in [0.1, 0.15) is 0 Å². The molecule has 0 aliphatic rings. The van der Waals surface area contributed by atoms with Crippen molar-refractivity contribution in [1.82, 2.24) is 25.3 Å². The Hall–Kier alpha value is -1.67. The Balaban J connectivity index is 1.75. The highest BCUT2D eigenvalue weighted by Crippen LogP contribution is 2.33. The van der Waals surface area contributed by atoms with Crippen molar-refractivity contribution in [3.8, 4) is 11.4 Å². The van der Waals surface area contributed by atoms with Crippen LogP contribution in [-0.4, -0.2) is 25.3 Å². The predicted molar refractivity (Wildman–Crippen MR) is 87.5 cm³/mol. The van der Waals surface area contributed by atoms with Gasteiger partial charge in [-0.25, -0.2) is 4.98 Å². The van der Waals surface area contributed by atoms with Gasteiger partial charge in [0.2, 0.25) is 11.0 Å². The van der Waals surface area contributed by atoms with E-state index in [9.17, 15) is 0 Å². The van der Waals surface area contributed by atoms with Crippen molar-refractivity contribution >= 4 is 27.7 Å². The number of hydrogen-bond donors (Lipinski definition) is 1. The van der Waals surface area contributed by atoms with Crippen molar-refractivity contribution in [3.05, 3.63) is 40.5 Å². The first-order chi connectivity index (χ1) is 10.7. The van der Waals surface area contributed by atoms with Gasteiger partial charge in [-0.15, -0.1) is 5.10 Å². The molecule has 0 aliphatic carbocycles. The van der Waals surface area contributed by atoms with Gasteiger partial charge in [0.15, 0.2) is 11.6 Å². The van der Waals surface area contributed by atoms with E-state index in [1.807, 2.05) is 38.1 Å². The average Bonchev–Trinajstić information content (AvgIpc) is 3.16. The number of hydrogen-bond acceptors (Lipinski definition) is 6. The van der Waals surface area contributed by atoms with Crippen molar-refractivity contribution < 1.29 is 4.52 Å². The molecular weight excluding hydrogens is 366 g/mol. The van der Waals surface area contributed by atoms with Crippen LogP contribution in [0.15, 0.2) is 38.4 Å². The lowest BCUT2D eigenvalue weighted by Crippen LogP contribution is -1.91. The summed E-state index contributed by atoms with van der Waals surface area (Å²) in [6.45, 7) is 3.98. The smallest absolute Gasteiger partial charge is 0.239 e. The number of rotatable bonds is 5. The van der Waals surface area contributed by atoms with Gasteiger partial charge in [0.25, 0.3) is 0 Å². The fourth-order valence-electron chi connectivity index (χ4n) is 1.86. The van der Waals surface area contributed by atoms with Crippen LogP contribution >= 0.6 is 27.7 Å². The molecule has 0 aliphatic heterocycles. The molecule has 0 spiro atoms. The second-order valence-electron chi connectivity index (χ2n) is 4.61. The van der Waals surface area contributed by atoms with Crippen LogP contribution in [0.2, 0.25) is 0 Å². The average molecular weight is 380 g/mol. The molecule has 1 atom stereocenters. The summed E-state index contributed by atoms with van der Waals surface area (Å²) in [4.78, 5) is 8.84. The molecule has 0 radical (unpaired) electrons. The summed E-state index contributed by atoms with van der Waals surface area (Å²) in [5.41, 5.74) is 0.973. The van der Waals surface area contributed by atoms with E-state index in [1.54, 1.807) is 0 Å². The van der Waals surface area contributed by atoms with E-state index in [2.05, 4.69) is 41.3 Å². The maximum absolute atomic E-state index is 5.24. The molecule has 2 aromatic heterocycles. The van der Waals surface area contributed by atoms with Crippen molar-refractivity contribution in [3.63, 3.8) is 0 Å². The quantitative estimate of drug-likeness (QED) is 0.673. The number of H-pyrrole nitrogens is 1. The highest BCUT2D eigenvalue weighted by molar-refractivity contribution is 9.10. The van der Waals surface area contributed by atoms with Gasteiger partial charge >= 0.3 is 0 Å². The van der Waals surface area contributed by atoms with Gasteiger partial charge in [-0.2, -0.15) is 4.98 Å². The lowest BCUT2D eigenvalue weighted by atomic mass is 10.2. The highest BCUT2D eigenvalue weighted by Gasteiger charge is 2.18. The minimum absolute atomic E-state index is 0.00401. The third-order valence-electron chi connectivity index (χ3n) is 3.02. The molecule has 6 nitrogen and oxygen atoms in total. The van der Waals surface area contributed by atoms with Gasteiger partial charge in [0, 0.05) is 16.5 Å². The molecule has 0 fully saturated rings. The monoisotopic (exact) mass is 379 g/mol. The normalized spacial score (nSPS) is 12.5. The molecule has 1 N–H and O–H groups in total. The Labute approximate surface area is 140 Å². The Morgan fingerprint density at radius 1 is 1.32 bits per heavy atom. The third-order valence-corrected chi connectivity index (χ3v) is 4.66. The van der Waals surface area contributed by atoms with E-state index < -0.39 is 0 Å². The zero-order valence-corrected chi connectivity index (χ0v) is 14.5. The molecule has 8 heteroatoms. The zero-order chi connectivity index (χ0) is 15.5. The van der Waals surface area contributed by atoms with Crippen molar-refractivity contribution in [2.75, 3.05) is 0 Å². The number of nitrogens with zero attached hydrogens (tertiary/aromatic N) is 4. The van der Waals surface area contributed by atoms with Crippen LogP contribution in [0.4, 0.5) is 0 Å². The van der Waals surface area contributed by atoms with Gasteiger partial charge in [-0.3, -0.25) is 5.10 Å². The maximum Gasteiger partial charge on any atom is 0.239 e. The lowest BCUT2D eigenvalue weighted by molar-refractivity contribution is 0.375. The number of nitrogens with one attached hydrogen (secondary N) is 1. The van der Waals surface area contributed by atoms with Crippen LogP contribution in [0.1, 0.15) is 30.8 Å². The van der Waals surface area contributed by atoms with Gasteiger partial charge in [-0.05, 0) is 13.0 Å². The number of benzene rings is 1. The van der Waals surface area contributed by atoms with Crippen LogP contribution < -0.4 is 0 Å². The maximum atomic E-state index is 5.24. The molecular formula is C14H14BrN5OS. The number of aryl methyl sites for hydroxylation is 1. The third kappa shape index (κ3) is 3.22. The van der Waals surface area contributed by atoms with Crippen LogP contribution in [0.3, 0.4) is 0 Å². The Morgan fingerprint density at radius 3 is 2.86 bits per heavy atom. The highest BCUT2D eigenvalue weighted by atomic mass is 79.9. The molecule has 114 valence electrons. The second-order valence-corrected chi connectivity index (χ2v) is 6.77. The van der Waals surface area contributed by atoms with E-state index in [0.717, 1.165) is 22.3 Å². The van der Waals surface area contributed by atoms with Gasteiger partial charge < -0.3 is 4.52 Å². The minimum Gasteiger partial charge on any atom is -0.338 e.